The van der Waals surface area contributed by atoms with Gasteiger partial charge in [-0.25, -0.2) is 4.79 Å². The van der Waals surface area contributed by atoms with Crippen molar-refractivity contribution in [3.05, 3.63) is 11.3 Å². The summed E-state index contributed by atoms with van der Waals surface area (Å²) in [5, 5.41) is 9.83. The van der Waals surface area contributed by atoms with Gasteiger partial charge in [0.05, 0.1) is 0 Å². The summed E-state index contributed by atoms with van der Waals surface area (Å²) in [6, 6.07) is 0. The van der Waals surface area contributed by atoms with Gasteiger partial charge in [0.2, 0.25) is 5.78 Å². The number of Topliss-reactive ketones (excluding diaryl/α,β-unsaturated/α-hetero) is 1. The van der Waals surface area contributed by atoms with Crippen LogP contribution in [0.25, 0.3) is 0 Å². The topological polar surface area (TPSA) is 63.6 Å². The van der Waals surface area contributed by atoms with Crippen molar-refractivity contribution >= 4 is 11.8 Å². The molecule has 0 radical (unpaired) electrons. The number of aliphatic hydroxyl groups excluding tert-OH is 1. The summed E-state index contributed by atoms with van der Waals surface area (Å²) < 4.78 is 4.61. The molecule has 1 fully saturated rings. The van der Waals surface area contributed by atoms with E-state index in [1.165, 1.54) is 38.5 Å². The number of rotatable bonds is 13. The molecule has 0 aromatic carbocycles. The largest absolute Gasteiger partial charge is 0.511 e. The van der Waals surface area contributed by atoms with E-state index in [0.29, 0.717) is 6.42 Å². The van der Waals surface area contributed by atoms with E-state index in [4.69, 9.17) is 0 Å². The number of carbonyl (C=O) groups excluding carboxylic acids is 2. The third-order valence-electron chi connectivity index (χ3n) is 4.60. The number of cyclic esters (lactones) is 1. The van der Waals surface area contributed by atoms with E-state index in [9.17, 15) is 14.7 Å². The van der Waals surface area contributed by atoms with E-state index in [1.54, 1.807) is 0 Å². The lowest BCUT2D eigenvalue weighted by molar-refractivity contribution is -0.135. The summed E-state index contributed by atoms with van der Waals surface area (Å²) in [6.45, 7) is 2.00. The van der Waals surface area contributed by atoms with Crippen molar-refractivity contribution in [2.24, 2.45) is 0 Å². The zero-order valence-corrected chi connectivity index (χ0v) is 16.3. The molecule has 0 aromatic heterocycles. The van der Waals surface area contributed by atoms with E-state index in [-0.39, 0.29) is 17.9 Å². The number of aliphatic hydroxyl groups is 1. The number of carbonyl (C=O) groups is 2. The first-order valence-electron chi connectivity index (χ1n) is 10.2. The van der Waals surface area contributed by atoms with Crippen LogP contribution in [-0.4, -0.2) is 23.5 Å². The second-order valence-corrected chi connectivity index (χ2v) is 6.96. The molecule has 1 N–H and O–H groups in total. The van der Waals surface area contributed by atoms with Crippen molar-refractivity contribution in [3.63, 3.8) is 0 Å². The van der Waals surface area contributed by atoms with Gasteiger partial charge in [0.15, 0.2) is 6.61 Å². The maximum absolute atomic E-state index is 11.4. The highest BCUT2D eigenvalue weighted by Gasteiger charge is 2.31. The van der Waals surface area contributed by atoms with E-state index >= 15 is 0 Å². The summed E-state index contributed by atoms with van der Waals surface area (Å²) in [7, 11) is 0. The number of hydrogen-bond acceptors (Lipinski definition) is 4. The zero-order chi connectivity index (χ0) is 19.0. The van der Waals surface area contributed by atoms with Gasteiger partial charge < -0.3 is 9.84 Å². The molecular weight excluding hydrogens is 328 g/mol. The Kier molecular flexibility index (Phi) is 12.4. The molecule has 0 spiro atoms. The van der Waals surface area contributed by atoms with Crippen molar-refractivity contribution in [2.75, 3.05) is 6.61 Å². The van der Waals surface area contributed by atoms with Crippen LogP contribution in [0.15, 0.2) is 11.3 Å². The molecule has 4 heteroatoms. The molecule has 1 aliphatic rings. The average Bonchev–Trinajstić information content (AvgIpc) is 2.96. The molecule has 0 unspecified atom stereocenters. The standard InChI is InChI=1S/C22H34O4/c1-2-3-4-5-6-7-8-9-10-11-12-13-14-15-16-17-19(23)21-20(24)18-26-22(21)25/h23H,2-8,11-18H2,1H3. The Labute approximate surface area is 158 Å². The minimum atomic E-state index is -0.688. The van der Waals surface area contributed by atoms with Crippen molar-refractivity contribution in [3.8, 4) is 11.8 Å². The number of hydrogen-bond donors (Lipinski definition) is 1. The van der Waals surface area contributed by atoms with Crippen molar-refractivity contribution in [1.82, 2.24) is 0 Å². The van der Waals surface area contributed by atoms with E-state index in [2.05, 4.69) is 23.5 Å². The van der Waals surface area contributed by atoms with Crippen LogP contribution in [0.5, 0.6) is 0 Å². The van der Waals surface area contributed by atoms with Crippen LogP contribution in [-0.2, 0) is 14.3 Å². The molecule has 1 saturated heterocycles. The van der Waals surface area contributed by atoms with Crippen LogP contribution >= 0.6 is 0 Å². The molecule has 0 saturated carbocycles. The Morgan fingerprint density at radius 2 is 1.42 bits per heavy atom. The molecule has 0 amide bonds. The van der Waals surface area contributed by atoms with Crippen molar-refractivity contribution in [1.29, 1.82) is 0 Å². The van der Waals surface area contributed by atoms with E-state index in [1.807, 2.05) is 0 Å². The summed E-state index contributed by atoms with van der Waals surface area (Å²) in [4.78, 5) is 22.7. The zero-order valence-electron chi connectivity index (χ0n) is 16.3. The Balaban J connectivity index is 1.94. The first-order chi connectivity index (χ1) is 12.7. The summed E-state index contributed by atoms with van der Waals surface area (Å²) >= 11 is 0. The molecule has 1 rings (SSSR count). The Hall–Kier alpha value is -1.76. The molecular formula is C22H34O4. The normalized spacial score (nSPS) is 15.6. The number of ketones is 1. The first kappa shape index (κ1) is 22.3. The lowest BCUT2D eigenvalue weighted by Crippen LogP contribution is -2.05. The third-order valence-corrected chi connectivity index (χ3v) is 4.60. The van der Waals surface area contributed by atoms with Gasteiger partial charge in [0.1, 0.15) is 11.3 Å². The fraction of sp³-hybridized carbons (Fsp3) is 0.727. The number of unbranched alkanes of at least 4 members (excludes halogenated alkanes) is 11. The Bertz CT molecular complexity index is 504. The van der Waals surface area contributed by atoms with Crippen LogP contribution in [0.3, 0.4) is 0 Å². The fourth-order valence-electron chi connectivity index (χ4n) is 3.00. The van der Waals surface area contributed by atoms with E-state index < -0.39 is 11.8 Å². The Morgan fingerprint density at radius 1 is 0.885 bits per heavy atom. The molecule has 0 atom stereocenters. The Morgan fingerprint density at radius 3 is 1.96 bits per heavy atom. The quantitative estimate of drug-likeness (QED) is 0.119. The monoisotopic (exact) mass is 362 g/mol. The van der Waals surface area contributed by atoms with Crippen LogP contribution in [0.4, 0.5) is 0 Å². The summed E-state index contributed by atoms with van der Waals surface area (Å²) in [5.74, 6) is 5.31. The number of ether oxygens (including phenoxy) is 1. The van der Waals surface area contributed by atoms with Crippen LogP contribution in [0.2, 0.25) is 0 Å². The van der Waals surface area contributed by atoms with Gasteiger partial charge in [-0.05, 0) is 19.3 Å². The molecule has 146 valence electrons. The smallest absolute Gasteiger partial charge is 0.345 e. The molecule has 1 heterocycles. The second-order valence-electron chi connectivity index (χ2n) is 6.96. The predicted octanol–water partition coefficient (Wildman–Crippen LogP) is 5.41. The summed E-state index contributed by atoms with van der Waals surface area (Å²) in [6.07, 6.45) is 15.3. The third kappa shape index (κ3) is 9.65. The molecule has 0 aromatic rings. The molecule has 4 nitrogen and oxygen atoms in total. The highest BCUT2D eigenvalue weighted by molar-refractivity contribution is 6.22. The van der Waals surface area contributed by atoms with Gasteiger partial charge in [-0.15, -0.1) is 11.8 Å². The highest BCUT2D eigenvalue weighted by Crippen LogP contribution is 2.18. The van der Waals surface area contributed by atoms with Gasteiger partial charge in [0, 0.05) is 19.3 Å². The van der Waals surface area contributed by atoms with Gasteiger partial charge in [0.25, 0.3) is 0 Å². The second kappa shape index (κ2) is 14.4. The van der Waals surface area contributed by atoms with Crippen molar-refractivity contribution < 1.29 is 19.4 Å². The van der Waals surface area contributed by atoms with Gasteiger partial charge in [-0.1, -0.05) is 58.3 Å². The van der Waals surface area contributed by atoms with Gasteiger partial charge in [-0.2, -0.15) is 0 Å². The minimum Gasteiger partial charge on any atom is -0.511 e. The fourth-order valence-corrected chi connectivity index (χ4v) is 3.00. The van der Waals surface area contributed by atoms with Crippen LogP contribution in [0.1, 0.15) is 96.8 Å². The average molecular weight is 363 g/mol. The lowest BCUT2D eigenvalue weighted by Gasteiger charge is -2.02. The minimum absolute atomic E-state index is 0.113. The first-order valence-corrected chi connectivity index (χ1v) is 10.2. The molecule has 0 bridgehead atoms. The molecule has 0 aliphatic carbocycles. The van der Waals surface area contributed by atoms with Gasteiger partial charge in [-0.3, -0.25) is 4.79 Å². The molecule has 26 heavy (non-hydrogen) atoms. The highest BCUT2D eigenvalue weighted by atomic mass is 16.5. The SMILES string of the molecule is CCCCCCCCC#CCCCCCCCC(O)=C1C(=O)COC1=O. The van der Waals surface area contributed by atoms with Crippen molar-refractivity contribution in [2.45, 2.75) is 96.8 Å². The van der Waals surface area contributed by atoms with E-state index in [0.717, 1.165) is 44.9 Å². The molecule has 1 aliphatic heterocycles. The van der Waals surface area contributed by atoms with Crippen LogP contribution in [0, 0.1) is 11.8 Å². The maximum atomic E-state index is 11.4. The van der Waals surface area contributed by atoms with Gasteiger partial charge >= 0.3 is 5.97 Å². The van der Waals surface area contributed by atoms with Crippen LogP contribution < -0.4 is 0 Å². The summed E-state index contributed by atoms with van der Waals surface area (Å²) in [5.41, 5.74) is -0.148. The number of allylic oxidation sites excluding steroid dienone is 1. The maximum Gasteiger partial charge on any atom is 0.345 e. The lowest BCUT2D eigenvalue weighted by atomic mass is 10.1. The number of esters is 1. The predicted molar refractivity (Wildman–Crippen MR) is 104 cm³/mol.